The molecule has 2 nitrogen and oxygen atoms in total. The highest BCUT2D eigenvalue weighted by Crippen LogP contribution is 2.38. The highest BCUT2D eigenvalue weighted by atomic mass is 35.5. The number of hydrogen-bond acceptors (Lipinski definition) is 4. The largest absolute Gasteiger partial charge is 0.391 e. The summed E-state index contributed by atoms with van der Waals surface area (Å²) in [6.07, 6.45) is 0. The number of thiophene rings is 1. The number of hydrogen-bond donors (Lipinski definition) is 1. The van der Waals surface area contributed by atoms with Gasteiger partial charge in [0.05, 0.1) is 20.1 Å². The van der Waals surface area contributed by atoms with Crippen LogP contribution in [0.1, 0.15) is 5.56 Å². The number of fused-ring (bicyclic) bond motifs is 1. The molecule has 2 N–H and O–H groups in total. The summed E-state index contributed by atoms with van der Waals surface area (Å²) in [7, 11) is 0. The number of nitrogens with zero attached hydrogens (tertiary/aromatic N) is 1. The van der Waals surface area contributed by atoms with Crippen LogP contribution in [0.5, 0.6) is 0 Å². The molecule has 1 aromatic carbocycles. The predicted octanol–water partition coefficient (Wildman–Crippen LogP) is 4.57. The van der Waals surface area contributed by atoms with Crippen LogP contribution in [0.4, 0.5) is 5.00 Å². The van der Waals surface area contributed by atoms with Gasteiger partial charge in [-0.2, -0.15) is 0 Å². The van der Waals surface area contributed by atoms with Gasteiger partial charge in [0, 0.05) is 5.02 Å². The Hall–Kier alpha value is -1.10. The fraction of sp³-hybridized carbons (Fsp3) is 0.0833. The van der Waals surface area contributed by atoms with Crippen molar-refractivity contribution in [3.8, 4) is 9.88 Å². The Morgan fingerprint density at radius 3 is 2.76 bits per heavy atom. The summed E-state index contributed by atoms with van der Waals surface area (Å²) in [4.78, 5) is 5.77. The van der Waals surface area contributed by atoms with Gasteiger partial charge in [0.25, 0.3) is 0 Å². The second-order valence-electron chi connectivity index (χ2n) is 3.79. The zero-order valence-corrected chi connectivity index (χ0v) is 11.4. The molecule has 0 fully saturated rings. The zero-order valence-electron chi connectivity index (χ0n) is 9.03. The minimum Gasteiger partial charge on any atom is -0.391 e. The van der Waals surface area contributed by atoms with Crippen molar-refractivity contribution < 1.29 is 0 Å². The Kier molecular flexibility index (Phi) is 2.58. The third-order valence-corrected chi connectivity index (χ3v) is 4.95. The van der Waals surface area contributed by atoms with E-state index in [0.29, 0.717) is 0 Å². The number of aryl methyl sites for hydroxylation is 1. The topological polar surface area (TPSA) is 38.9 Å². The number of anilines is 1. The molecule has 0 aliphatic carbocycles. The first-order valence-corrected chi connectivity index (χ1v) is 7.07. The first kappa shape index (κ1) is 11.0. The monoisotopic (exact) mass is 280 g/mol. The van der Waals surface area contributed by atoms with Crippen molar-refractivity contribution in [2.75, 3.05) is 5.73 Å². The van der Waals surface area contributed by atoms with E-state index in [1.807, 2.05) is 24.3 Å². The van der Waals surface area contributed by atoms with Crippen LogP contribution in [-0.2, 0) is 0 Å². The zero-order chi connectivity index (χ0) is 12.0. The van der Waals surface area contributed by atoms with Crippen molar-refractivity contribution >= 4 is 49.5 Å². The average molecular weight is 281 g/mol. The Labute approximate surface area is 112 Å². The molecular weight excluding hydrogens is 272 g/mol. The van der Waals surface area contributed by atoms with Gasteiger partial charge in [-0.25, -0.2) is 4.98 Å². The van der Waals surface area contributed by atoms with E-state index >= 15 is 0 Å². The molecule has 17 heavy (non-hydrogen) atoms. The number of nitrogen functional groups attached to an aromatic ring is 1. The fourth-order valence-corrected chi connectivity index (χ4v) is 4.04. The summed E-state index contributed by atoms with van der Waals surface area (Å²) >= 11 is 9.20. The molecular formula is C12H9ClN2S2. The second kappa shape index (κ2) is 3.98. The lowest BCUT2D eigenvalue weighted by Gasteiger charge is -1.90. The number of aromatic nitrogens is 1. The minimum atomic E-state index is 0.745. The summed E-state index contributed by atoms with van der Waals surface area (Å²) in [5.74, 6) is 0. The van der Waals surface area contributed by atoms with Crippen LogP contribution >= 0.6 is 34.3 Å². The molecule has 86 valence electrons. The van der Waals surface area contributed by atoms with Crippen molar-refractivity contribution in [1.82, 2.24) is 4.98 Å². The lowest BCUT2D eigenvalue weighted by Crippen LogP contribution is -1.73. The maximum atomic E-state index is 5.97. The van der Waals surface area contributed by atoms with Crippen LogP contribution in [-0.4, -0.2) is 4.98 Å². The number of nitrogens with two attached hydrogens (primary N) is 1. The van der Waals surface area contributed by atoms with E-state index < -0.39 is 0 Å². The minimum absolute atomic E-state index is 0.745. The molecule has 0 unspecified atom stereocenters. The maximum Gasteiger partial charge on any atom is 0.134 e. The van der Waals surface area contributed by atoms with Crippen molar-refractivity contribution in [2.45, 2.75) is 6.92 Å². The van der Waals surface area contributed by atoms with E-state index in [4.69, 9.17) is 17.3 Å². The van der Waals surface area contributed by atoms with Gasteiger partial charge < -0.3 is 5.73 Å². The summed E-state index contributed by atoms with van der Waals surface area (Å²) in [6, 6.07) is 7.75. The molecule has 0 amide bonds. The normalized spacial score (nSPS) is 11.2. The van der Waals surface area contributed by atoms with Gasteiger partial charge in [-0.1, -0.05) is 11.6 Å². The molecule has 0 saturated carbocycles. The molecule has 0 saturated heterocycles. The number of benzene rings is 1. The molecule has 0 bridgehead atoms. The van der Waals surface area contributed by atoms with Crippen molar-refractivity contribution in [3.05, 3.63) is 34.9 Å². The summed E-state index contributed by atoms with van der Waals surface area (Å²) in [5, 5.41) is 2.59. The van der Waals surface area contributed by atoms with E-state index in [1.165, 1.54) is 5.56 Å². The predicted molar refractivity (Wildman–Crippen MR) is 77.1 cm³/mol. The van der Waals surface area contributed by atoms with Crippen molar-refractivity contribution in [3.63, 3.8) is 0 Å². The molecule has 0 aliphatic rings. The second-order valence-corrected chi connectivity index (χ2v) is 6.34. The van der Waals surface area contributed by atoms with Gasteiger partial charge in [0.1, 0.15) is 5.01 Å². The molecule has 0 spiro atoms. The van der Waals surface area contributed by atoms with Gasteiger partial charge in [-0.3, -0.25) is 0 Å². The van der Waals surface area contributed by atoms with Gasteiger partial charge in [0.2, 0.25) is 0 Å². The Morgan fingerprint density at radius 2 is 2.06 bits per heavy atom. The highest BCUT2D eigenvalue weighted by Gasteiger charge is 2.11. The first-order valence-electron chi connectivity index (χ1n) is 5.06. The summed E-state index contributed by atoms with van der Waals surface area (Å²) in [6.45, 7) is 2.06. The maximum absolute atomic E-state index is 5.97. The van der Waals surface area contributed by atoms with Crippen LogP contribution in [0.25, 0.3) is 20.1 Å². The Balaban J connectivity index is 2.21. The van der Waals surface area contributed by atoms with E-state index in [-0.39, 0.29) is 0 Å². The number of rotatable bonds is 1. The standard InChI is InChI=1S/C12H9ClN2S2/c1-6-4-10(14)17-11(6)12-15-8-3-2-7(13)5-9(8)16-12/h2-5H,14H2,1H3. The van der Waals surface area contributed by atoms with E-state index in [9.17, 15) is 0 Å². The van der Waals surface area contributed by atoms with Crippen LogP contribution in [0.3, 0.4) is 0 Å². The smallest absolute Gasteiger partial charge is 0.134 e. The fourth-order valence-electron chi connectivity index (χ4n) is 1.71. The molecule has 2 heterocycles. The Morgan fingerprint density at radius 1 is 1.24 bits per heavy atom. The third kappa shape index (κ3) is 1.92. The van der Waals surface area contributed by atoms with Crippen LogP contribution in [0, 0.1) is 6.92 Å². The molecule has 3 aromatic rings. The molecule has 0 radical (unpaired) electrons. The lowest BCUT2D eigenvalue weighted by atomic mass is 10.3. The molecule has 2 aromatic heterocycles. The van der Waals surface area contributed by atoms with Gasteiger partial charge >= 0.3 is 0 Å². The molecule has 5 heteroatoms. The number of thiazole rings is 1. The number of halogens is 1. The van der Waals surface area contributed by atoms with Gasteiger partial charge in [-0.15, -0.1) is 22.7 Å². The van der Waals surface area contributed by atoms with Gasteiger partial charge in [-0.05, 0) is 36.8 Å². The van der Waals surface area contributed by atoms with Crippen LogP contribution in [0.2, 0.25) is 5.02 Å². The summed E-state index contributed by atoms with van der Waals surface area (Å²) < 4.78 is 1.11. The highest BCUT2D eigenvalue weighted by molar-refractivity contribution is 7.26. The van der Waals surface area contributed by atoms with E-state index in [1.54, 1.807) is 22.7 Å². The molecule has 0 aliphatic heterocycles. The molecule has 3 rings (SSSR count). The van der Waals surface area contributed by atoms with Crippen LogP contribution in [0.15, 0.2) is 24.3 Å². The first-order chi connectivity index (χ1) is 8.13. The SMILES string of the molecule is Cc1cc(N)sc1-c1nc2ccc(Cl)cc2s1. The third-order valence-electron chi connectivity index (χ3n) is 2.48. The average Bonchev–Trinajstić information content (AvgIpc) is 2.80. The quantitative estimate of drug-likeness (QED) is 0.709. The van der Waals surface area contributed by atoms with Crippen LogP contribution < -0.4 is 5.73 Å². The van der Waals surface area contributed by atoms with Crippen molar-refractivity contribution in [2.24, 2.45) is 0 Å². The Bertz CT molecular complexity index is 700. The molecule has 0 atom stereocenters. The summed E-state index contributed by atoms with van der Waals surface area (Å²) in [5.41, 5.74) is 7.97. The van der Waals surface area contributed by atoms with E-state index in [2.05, 4.69) is 11.9 Å². The van der Waals surface area contributed by atoms with E-state index in [0.717, 1.165) is 30.1 Å². The lowest BCUT2D eigenvalue weighted by molar-refractivity contribution is 1.46. The van der Waals surface area contributed by atoms with Crippen molar-refractivity contribution in [1.29, 1.82) is 0 Å². The van der Waals surface area contributed by atoms with Gasteiger partial charge in [0.15, 0.2) is 0 Å².